The number of nitrogens with zero attached hydrogens (tertiary/aromatic N) is 2. The molecule has 2 atom stereocenters. The van der Waals surface area contributed by atoms with Crippen molar-refractivity contribution in [3.05, 3.63) is 11.6 Å². The molecule has 0 bridgehead atoms. The second kappa shape index (κ2) is 5.63. The summed E-state index contributed by atoms with van der Waals surface area (Å²) >= 11 is 0. The summed E-state index contributed by atoms with van der Waals surface area (Å²) in [7, 11) is 0. The van der Waals surface area contributed by atoms with Crippen LogP contribution in [0.5, 0.6) is 0 Å². The first-order chi connectivity index (χ1) is 8.95. The number of oxime groups is 1. The van der Waals surface area contributed by atoms with Gasteiger partial charge in [0.2, 0.25) is 0 Å². The van der Waals surface area contributed by atoms with Crippen molar-refractivity contribution in [2.24, 2.45) is 10.6 Å². The van der Waals surface area contributed by atoms with E-state index in [2.05, 4.69) is 16.1 Å². The van der Waals surface area contributed by atoms with Crippen molar-refractivity contribution in [2.75, 3.05) is 13.1 Å². The molecule has 4 nitrogen and oxygen atoms in total. The number of piperidine rings is 1. The molecule has 1 saturated heterocycles. The number of allylic oxidation sites excluding steroid dienone is 1. The quantitative estimate of drug-likeness (QED) is 0.566. The van der Waals surface area contributed by atoms with E-state index in [0.29, 0.717) is 12.1 Å². The Labute approximate surface area is 115 Å². The average molecular weight is 266 g/mol. The van der Waals surface area contributed by atoms with E-state index in [1.807, 2.05) is 20.8 Å². The van der Waals surface area contributed by atoms with Crippen molar-refractivity contribution < 1.29 is 10.3 Å². The van der Waals surface area contributed by atoms with Crippen LogP contribution in [0, 0.1) is 5.41 Å². The van der Waals surface area contributed by atoms with E-state index in [1.54, 1.807) is 0 Å². The number of rotatable bonds is 1. The third-order valence-electron chi connectivity index (χ3n) is 4.56. The molecule has 0 aromatic heterocycles. The summed E-state index contributed by atoms with van der Waals surface area (Å²) in [5.41, 5.74) is 1.41. The third-order valence-corrected chi connectivity index (χ3v) is 4.56. The smallest absolute Gasteiger partial charge is 0.0828 e. The van der Waals surface area contributed by atoms with Crippen molar-refractivity contribution >= 4 is 5.71 Å². The highest BCUT2D eigenvalue weighted by molar-refractivity contribution is 6.00. The molecule has 2 N–H and O–H groups in total. The Kier molecular flexibility index (Phi) is 4.31. The van der Waals surface area contributed by atoms with E-state index < -0.39 is 6.10 Å². The molecule has 0 amide bonds. The molecule has 2 rings (SSSR count). The molecule has 108 valence electrons. The Morgan fingerprint density at radius 3 is 2.47 bits per heavy atom. The molecule has 0 radical (unpaired) electrons. The Morgan fingerprint density at radius 1 is 1.26 bits per heavy atom. The SMILES string of the molecule is CC1=CC(N2CCCCC2)C(O)C(C)(C)C/C1=N\O. The lowest BCUT2D eigenvalue weighted by molar-refractivity contribution is -0.0105. The van der Waals surface area contributed by atoms with Gasteiger partial charge in [-0.25, -0.2) is 0 Å². The summed E-state index contributed by atoms with van der Waals surface area (Å²) in [5, 5.41) is 23.3. The number of aliphatic hydroxyl groups is 1. The van der Waals surface area contributed by atoms with Gasteiger partial charge in [0.25, 0.3) is 0 Å². The molecule has 2 aliphatic rings. The predicted octanol–water partition coefficient (Wildman–Crippen LogP) is 2.41. The molecule has 19 heavy (non-hydrogen) atoms. The molecule has 1 heterocycles. The van der Waals surface area contributed by atoms with E-state index in [9.17, 15) is 5.11 Å². The maximum atomic E-state index is 10.7. The fourth-order valence-electron chi connectivity index (χ4n) is 3.22. The Bertz CT molecular complexity index is 382. The van der Waals surface area contributed by atoms with E-state index in [-0.39, 0.29) is 11.5 Å². The first-order valence-electron chi connectivity index (χ1n) is 7.27. The number of likely N-dealkylation sites (tertiary alicyclic amines) is 1. The van der Waals surface area contributed by atoms with Gasteiger partial charge < -0.3 is 10.3 Å². The number of hydrogen-bond donors (Lipinski definition) is 2. The maximum absolute atomic E-state index is 10.7. The van der Waals surface area contributed by atoms with Gasteiger partial charge in [0.15, 0.2) is 0 Å². The van der Waals surface area contributed by atoms with Gasteiger partial charge >= 0.3 is 0 Å². The second-order valence-corrected chi connectivity index (χ2v) is 6.59. The van der Waals surface area contributed by atoms with Gasteiger partial charge in [0.05, 0.1) is 17.9 Å². The summed E-state index contributed by atoms with van der Waals surface area (Å²) < 4.78 is 0. The molecule has 1 aliphatic carbocycles. The fourth-order valence-corrected chi connectivity index (χ4v) is 3.22. The van der Waals surface area contributed by atoms with Crippen LogP contribution in [-0.4, -0.2) is 46.2 Å². The monoisotopic (exact) mass is 266 g/mol. The van der Waals surface area contributed by atoms with Crippen LogP contribution in [0.2, 0.25) is 0 Å². The summed E-state index contributed by atoms with van der Waals surface area (Å²) in [4.78, 5) is 2.37. The normalized spacial score (nSPS) is 34.9. The molecule has 2 unspecified atom stereocenters. The molecule has 1 fully saturated rings. The van der Waals surface area contributed by atoms with Gasteiger partial charge in [-0.3, -0.25) is 4.90 Å². The fraction of sp³-hybridized carbons (Fsp3) is 0.800. The molecule has 4 heteroatoms. The minimum Gasteiger partial charge on any atom is -0.411 e. The van der Waals surface area contributed by atoms with Gasteiger partial charge in [-0.15, -0.1) is 0 Å². The zero-order valence-corrected chi connectivity index (χ0v) is 12.3. The van der Waals surface area contributed by atoms with Crippen LogP contribution in [0.15, 0.2) is 16.8 Å². The summed E-state index contributed by atoms with van der Waals surface area (Å²) in [6.07, 6.45) is 5.96. The molecule has 0 saturated carbocycles. The van der Waals surface area contributed by atoms with E-state index in [4.69, 9.17) is 5.21 Å². The molecular formula is C15H26N2O2. The van der Waals surface area contributed by atoms with E-state index in [1.165, 1.54) is 19.3 Å². The van der Waals surface area contributed by atoms with Crippen molar-refractivity contribution in [1.82, 2.24) is 4.90 Å². The average Bonchev–Trinajstić information content (AvgIpc) is 2.49. The lowest BCUT2D eigenvalue weighted by Crippen LogP contribution is -2.50. The maximum Gasteiger partial charge on any atom is 0.0828 e. The van der Waals surface area contributed by atoms with Gasteiger partial charge in [-0.05, 0) is 43.8 Å². The topological polar surface area (TPSA) is 56.1 Å². The van der Waals surface area contributed by atoms with Crippen LogP contribution >= 0.6 is 0 Å². The van der Waals surface area contributed by atoms with E-state index >= 15 is 0 Å². The highest BCUT2D eigenvalue weighted by Gasteiger charge is 2.40. The van der Waals surface area contributed by atoms with Crippen LogP contribution in [-0.2, 0) is 0 Å². The molecule has 0 aromatic rings. The van der Waals surface area contributed by atoms with Gasteiger partial charge in [-0.2, -0.15) is 0 Å². The van der Waals surface area contributed by atoms with Gasteiger partial charge in [0.1, 0.15) is 0 Å². The molecule has 0 spiro atoms. The summed E-state index contributed by atoms with van der Waals surface area (Å²) in [5.74, 6) is 0. The van der Waals surface area contributed by atoms with Crippen molar-refractivity contribution in [3.63, 3.8) is 0 Å². The van der Waals surface area contributed by atoms with Crippen LogP contribution in [0.25, 0.3) is 0 Å². The Balaban J connectivity index is 2.30. The highest BCUT2D eigenvalue weighted by Crippen LogP contribution is 2.35. The molecule has 0 aromatic carbocycles. The van der Waals surface area contributed by atoms with Crippen LogP contribution in [0.4, 0.5) is 0 Å². The van der Waals surface area contributed by atoms with Gasteiger partial charge in [0, 0.05) is 6.42 Å². The Hall–Kier alpha value is -0.870. The van der Waals surface area contributed by atoms with Crippen molar-refractivity contribution in [3.8, 4) is 0 Å². The second-order valence-electron chi connectivity index (χ2n) is 6.59. The highest BCUT2D eigenvalue weighted by atomic mass is 16.4. The summed E-state index contributed by atoms with van der Waals surface area (Å²) in [6, 6.07) is 0.0366. The molecule has 1 aliphatic heterocycles. The van der Waals surface area contributed by atoms with Crippen molar-refractivity contribution in [2.45, 2.75) is 58.6 Å². The number of hydrogen-bond acceptors (Lipinski definition) is 4. The van der Waals surface area contributed by atoms with Crippen LogP contribution < -0.4 is 0 Å². The van der Waals surface area contributed by atoms with Gasteiger partial charge in [-0.1, -0.05) is 31.5 Å². The minimum absolute atomic E-state index is 0.0366. The predicted molar refractivity (Wildman–Crippen MR) is 76.6 cm³/mol. The standard InChI is InChI=1S/C15H26N2O2/c1-11-9-13(17-7-5-4-6-8-17)14(18)15(2,3)10-12(11)16-19/h9,13-14,18-19H,4-8,10H2,1-3H3/b16-12+. The Morgan fingerprint density at radius 2 is 1.89 bits per heavy atom. The number of aliphatic hydroxyl groups excluding tert-OH is 1. The largest absolute Gasteiger partial charge is 0.411 e. The zero-order chi connectivity index (χ0) is 14.0. The first kappa shape index (κ1) is 14.5. The van der Waals surface area contributed by atoms with Crippen LogP contribution in [0.3, 0.4) is 0 Å². The third kappa shape index (κ3) is 3.00. The first-order valence-corrected chi connectivity index (χ1v) is 7.27. The molecular weight excluding hydrogens is 240 g/mol. The van der Waals surface area contributed by atoms with E-state index in [0.717, 1.165) is 18.7 Å². The lowest BCUT2D eigenvalue weighted by atomic mass is 9.79. The zero-order valence-electron chi connectivity index (χ0n) is 12.3. The minimum atomic E-state index is -0.431. The summed E-state index contributed by atoms with van der Waals surface area (Å²) in [6.45, 7) is 8.17. The van der Waals surface area contributed by atoms with Crippen LogP contribution in [0.1, 0.15) is 46.5 Å². The van der Waals surface area contributed by atoms with Crippen molar-refractivity contribution in [1.29, 1.82) is 0 Å². The lowest BCUT2D eigenvalue weighted by Gasteiger charge is -2.40.